The van der Waals surface area contributed by atoms with Gasteiger partial charge in [0.2, 0.25) is 0 Å². The molecule has 2 aromatic carbocycles. The molecule has 2 aliphatic rings. The Labute approximate surface area is 195 Å². The van der Waals surface area contributed by atoms with Gasteiger partial charge in [0.05, 0.1) is 24.7 Å². The number of morpholine rings is 1. The number of benzene rings is 2. The molecule has 2 aromatic rings. The summed E-state index contributed by atoms with van der Waals surface area (Å²) in [5, 5.41) is -0.475. The van der Waals surface area contributed by atoms with Crippen molar-refractivity contribution in [2.45, 2.75) is 0 Å². The summed E-state index contributed by atoms with van der Waals surface area (Å²) in [7, 11) is 0. The van der Waals surface area contributed by atoms with Crippen LogP contribution in [0.2, 0.25) is 0 Å². The number of ketones is 1. The molecule has 170 valence electrons. The topological polar surface area (TPSA) is 93.2 Å². The highest BCUT2D eigenvalue weighted by Crippen LogP contribution is 2.32. The number of amides is 3. The van der Waals surface area contributed by atoms with Crippen LogP contribution in [0.1, 0.15) is 15.9 Å². The third-order valence-electron chi connectivity index (χ3n) is 5.18. The number of rotatable bonds is 7. The Morgan fingerprint density at radius 1 is 1.00 bits per heavy atom. The van der Waals surface area contributed by atoms with Crippen molar-refractivity contribution < 1.29 is 28.7 Å². The molecule has 0 aliphatic carbocycles. The van der Waals surface area contributed by atoms with Gasteiger partial charge in [0, 0.05) is 18.7 Å². The predicted molar refractivity (Wildman–Crippen MR) is 123 cm³/mol. The second-order valence-electron chi connectivity index (χ2n) is 7.41. The number of hydrogen-bond donors (Lipinski definition) is 0. The number of Topliss-reactive ketones (excluding diaryl/α,β-unsaturated/α-hetero) is 1. The van der Waals surface area contributed by atoms with E-state index >= 15 is 0 Å². The highest BCUT2D eigenvalue weighted by molar-refractivity contribution is 8.18. The predicted octanol–water partition coefficient (Wildman–Crippen LogP) is 2.84. The van der Waals surface area contributed by atoms with Crippen molar-refractivity contribution >= 4 is 40.7 Å². The molecule has 0 bridgehead atoms. The van der Waals surface area contributed by atoms with E-state index in [1.165, 1.54) is 0 Å². The van der Waals surface area contributed by atoms with Gasteiger partial charge in [0.15, 0.2) is 12.4 Å². The molecule has 2 saturated heterocycles. The van der Waals surface area contributed by atoms with E-state index in [1.807, 2.05) is 0 Å². The molecule has 2 heterocycles. The second-order valence-corrected chi connectivity index (χ2v) is 8.40. The van der Waals surface area contributed by atoms with Crippen LogP contribution in [-0.2, 0) is 14.3 Å². The Balaban J connectivity index is 1.34. The number of thioether (sulfide) groups is 1. The standard InChI is InChI=1S/C24H22N2O6S/c27-20(18-4-2-1-3-5-18)15-26-23(29)21(33-24(26)30)14-17-6-8-19(9-7-17)32-16-22(28)25-10-12-31-13-11-25/h1-9,14H,10-13,15-16H2/b21-14+. The van der Waals surface area contributed by atoms with Gasteiger partial charge in [-0.2, -0.15) is 0 Å². The highest BCUT2D eigenvalue weighted by Gasteiger charge is 2.36. The molecule has 0 unspecified atom stereocenters. The molecule has 8 nitrogen and oxygen atoms in total. The molecule has 0 radical (unpaired) electrons. The van der Waals surface area contributed by atoms with Crippen LogP contribution in [0.25, 0.3) is 6.08 Å². The minimum Gasteiger partial charge on any atom is -0.484 e. The summed E-state index contributed by atoms with van der Waals surface area (Å²) in [6, 6.07) is 15.4. The summed E-state index contributed by atoms with van der Waals surface area (Å²) in [4.78, 5) is 52.4. The van der Waals surface area contributed by atoms with Gasteiger partial charge in [-0.05, 0) is 35.5 Å². The summed E-state index contributed by atoms with van der Waals surface area (Å²) < 4.78 is 10.8. The monoisotopic (exact) mass is 466 g/mol. The molecule has 3 amide bonds. The molecule has 0 N–H and O–H groups in total. The Morgan fingerprint density at radius 3 is 2.39 bits per heavy atom. The number of carbonyl (C=O) groups excluding carboxylic acids is 4. The number of carbonyl (C=O) groups is 4. The maximum Gasteiger partial charge on any atom is 0.293 e. The molecule has 33 heavy (non-hydrogen) atoms. The number of imide groups is 1. The van der Waals surface area contributed by atoms with Crippen LogP contribution < -0.4 is 4.74 Å². The first kappa shape index (κ1) is 22.8. The van der Waals surface area contributed by atoms with Crippen molar-refractivity contribution in [2.24, 2.45) is 0 Å². The van der Waals surface area contributed by atoms with Gasteiger partial charge in [0.1, 0.15) is 5.75 Å². The maximum atomic E-state index is 12.7. The van der Waals surface area contributed by atoms with Crippen LogP contribution in [-0.4, -0.2) is 72.1 Å². The van der Waals surface area contributed by atoms with Crippen LogP contribution in [0.15, 0.2) is 59.5 Å². The van der Waals surface area contributed by atoms with E-state index in [0.29, 0.717) is 43.2 Å². The average molecular weight is 467 g/mol. The van der Waals surface area contributed by atoms with Gasteiger partial charge in [-0.3, -0.25) is 24.1 Å². The van der Waals surface area contributed by atoms with Gasteiger partial charge < -0.3 is 14.4 Å². The van der Waals surface area contributed by atoms with E-state index < -0.39 is 11.1 Å². The lowest BCUT2D eigenvalue weighted by atomic mass is 10.1. The van der Waals surface area contributed by atoms with Crippen molar-refractivity contribution in [3.8, 4) is 5.75 Å². The van der Waals surface area contributed by atoms with Crippen LogP contribution in [0.3, 0.4) is 0 Å². The molecular weight excluding hydrogens is 444 g/mol. The van der Waals surface area contributed by atoms with E-state index in [4.69, 9.17) is 9.47 Å². The fourth-order valence-electron chi connectivity index (χ4n) is 3.36. The summed E-state index contributed by atoms with van der Waals surface area (Å²) >= 11 is 0.803. The van der Waals surface area contributed by atoms with E-state index in [2.05, 4.69) is 0 Å². The third kappa shape index (κ3) is 5.68. The van der Waals surface area contributed by atoms with Crippen LogP contribution >= 0.6 is 11.8 Å². The molecule has 2 fully saturated rings. The third-order valence-corrected chi connectivity index (χ3v) is 6.08. The molecule has 0 spiro atoms. The van der Waals surface area contributed by atoms with Crippen LogP contribution in [0.5, 0.6) is 5.75 Å². The van der Waals surface area contributed by atoms with Gasteiger partial charge >= 0.3 is 0 Å². The quantitative estimate of drug-likeness (QED) is 0.458. The first-order valence-corrected chi connectivity index (χ1v) is 11.2. The lowest BCUT2D eigenvalue weighted by Gasteiger charge is -2.26. The Kier molecular flexibility index (Phi) is 7.21. The summed E-state index contributed by atoms with van der Waals surface area (Å²) in [6.45, 7) is 1.84. The highest BCUT2D eigenvalue weighted by atomic mass is 32.2. The summed E-state index contributed by atoms with van der Waals surface area (Å²) in [6.07, 6.45) is 1.60. The zero-order chi connectivity index (χ0) is 23.2. The van der Waals surface area contributed by atoms with E-state index in [9.17, 15) is 19.2 Å². The first-order chi connectivity index (χ1) is 16.0. The molecule has 9 heteroatoms. The lowest BCUT2D eigenvalue weighted by Crippen LogP contribution is -2.42. The summed E-state index contributed by atoms with van der Waals surface area (Å²) in [5.41, 5.74) is 1.14. The fraction of sp³-hybridized carbons (Fsp3) is 0.250. The molecule has 2 aliphatic heterocycles. The molecule has 0 atom stereocenters. The maximum absolute atomic E-state index is 12.7. The first-order valence-electron chi connectivity index (χ1n) is 10.4. The normalized spacial score (nSPS) is 17.5. The molecule has 4 rings (SSSR count). The van der Waals surface area contributed by atoms with Crippen LogP contribution in [0, 0.1) is 0 Å². The number of hydrogen-bond acceptors (Lipinski definition) is 7. The largest absolute Gasteiger partial charge is 0.484 e. The van der Waals surface area contributed by atoms with Gasteiger partial charge in [-0.25, -0.2) is 0 Å². The van der Waals surface area contributed by atoms with E-state index in [1.54, 1.807) is 65.6 Å². The van der Waals surface area contributed by atoms with E-state index in [-0.39, 0.29) is 29.7 Å². The summed E-state index contributed by atoms with van der Waals surface area (Å²) in [5.74, 6) is -0.366. The van der Waals surface area contributed by atoms with Crippen molar-refractivity contribution in [2.75, 3.05) is 39.5 Å². The molecule has 0 aromatic heterocycles. The SMILES string of the molecule is O=C(CN1C(=O)S/C(=C/c2ccc(OCC(=O)N3CCOCC3)cc2)C1=O)c1ccccc1. The Morgan fingerprint density at radius 2 is 1.70 bits per heavy atom. The average Bonchev–Trinajstić information content (AvgIpc) is 3.11. The zero-order valence-corrected chi connectivity index (χ0v) is 18.6. The Bertz CT molecular complexity index is 1080. The number of ether oxygens (including phenoxy) is 2. The van der Waals surface area contributed by atoms with Gasteiger partial charge in [-0.1, -0.05) is 42.5 Å². The van der Waals surface area contributed by atoms with E-state index in [0.717, 1.165) is 16.7 Å². The zero-order valence-electron chi connectivity index (χ0n) is 17.8. The minimum atomic E-state index is -0.495. The van der Waals surface area contributed by atoms with Crippen molar-refractivity contribution in [1.82, 2.24) is 9.80 Å². The number of nitrogens with zero attached hydrogens (tertiary/aromatic N) is 2. The minimum absolute atomic E-state index is 0.0618. The Hall–Kier alpha value is -3.43. The van der Waals surface area contributed by atoms with Gasteiger partial charge in [-0.15, -0.1) is 0 Å². The van der Waals surface area contributed by atoms with Gasteiger partial charge in [0.25, 0.3) is 17.1 Å². The fourth-order valence-corrected chi connectivity index (χ4v) is 4.19. The molecule has 0 saturated carbocycles. The second kappa shape index (κ2) is 10.5. The smallest absolute Gasteiger partial charge is 0.293 e. The van der Waals surface area contributed by atoms with Crippen LogP contribution in [0.4, 0.5) is 4.79 Å². The van der Waals surface area contributed by atoms with Crippen molar-refractivity contribution in [1.29, 1.82) is 0 Å². The van der Waals surface area contributed by atoms with Crippen molar-refractivity contribution in [3.05, 3.63) is 70.6 Å². The molecular formula is C24H22N2O6S. The van der Waals surface area contributed by atoms with Crippen molar-refractivity contribution in [3.63, 3.8) is 0 Å². The lowest BCUT2D eigenvalue weighted by molar-refractivity contribution is -0.137.